The fourth-order valence-corrected chi connectivity index (χ4v) is 2.10. The van der Waals surface area contributed by atoms with E-state index in [1.807, 2.05) is 11.0 Å². The van der Waals surface area contributed by atoms with Crippen LogP contribution >= 0.6 is 0 Å². The molecular formula is C11H15N3. The standard InChI is InChI=1S/C11H15N3/c1-8-10-5-3-2-4-9(10)6-7-14(8)11(12)13/h2-5,8H,6-7H2,1H3,(H3,12,13). The number of guanidine groups is 1. The summed E-state index contributed by atoms with van der Waals surface area (Å²) in [6.07, 6.45) is 0.986. The maximum atomic E-state index is 7.46. The number of nitrogens with two attached hydrogens (primary N) is 1. The van der Waals surface area contributed by atoms with Gasteiger partial charge in [-0.3, -0.25) is 5.41 Å². The van der Waals surface area contributed by atoms with Crippen LogP contribution in [0.1, 0.15) is 24.1 Å². The van der Waals surface area contributed by atoms with Gasteiger partial charge in [-0.2, -0.15) is 0 Å². The lowest BCUT2D eigenvalue weighted by molar-refractivity contribution is 0.313. The number of hydrogen-bond donors (Lipinski definition) is 2. The molecule has 0 bridgehead atoms. The molecule has 1 unspecified atom stereocenters. The van der Waals surface area contributed by atoms with Crippen LogP contribution in [0.15, 0.2) is 24.3 Å². The zero-order valence-corrected chi connectivity index (χ0v) is 8.33. The van der Waals surface area contributed by atoms with E-state index in [9.17, 15) is 0 Å². The Morgan fingerprint density at radius 2 is 2.21 bits per heavy atom. The van der Waals surface area contributed by atoms with Crippen LogP contribution in [-0.4, -0.2) is 17.4 Å². The lowest BCUT2D eigenvalue weighted by atomic mass is 9.94. The first kappa shape index (κ1) is 9.06. The van der Waals surface area contributed by atoms with Crippen molar-refractivity contribution in [3.63, 3.8) is 0 Å². The molecule has 0 aliphatic carbocycles. The van der Waals surface area contributed by atoms with Crippen molar-refractivity contribution in [2.24, 2.45) is 5.73 Å². The van der Waals surface area contributed by atoms with E-state index in [2.05, 4.69) is 25.1 Å². The summed E-state index contributed by atoms with van der Waals surface area (Å²) in [6.45, 7) is 2.95. The summed E-state index contributed by atoms with van der Waals surface area (Å²) in [5, 5.41) is 7.46. The summed E-state index contributed by atoms with van der Waals surface area (Å²) >= 11 is 0. The molecule has 2 rings (SSSR count). The third kappa shape index (κ3) is 1.35. The molecule has 0 saturated heterocycles. The summed E-state index contributed by atoms with van der Waals surface area (Å²) in [5.41, 5.74) is 8.21. The van der Waals surface area contributed by atoms with Gasteiger partial charge in [-0.05, 0) is 24.5 Å². The predicted molar refractivity (Wildman–Crippen MR) is 57.2 cm³/mol. The van der Waals surface area contributed by atoms with Gasteiger partial charge in [0.15, 0.2) is 5.96 Å². The van der Waals surface area contributed by atoms with Gasteiger partial charge < -0.3 is 10.6 Å². The number of fused-ring (bicyclic) bond motifs is 1. The number of nitrogens with zero attached hydrogens (tertiary/aromatic N) is 1. The van der Waals surface area contributed by atoms with Crippen LogP contribution in [0.2, 0.25) is 0 Å². The van der Waals surface area contributed by atoms with Crippen LogP contribution in [0, 0.1) is 5.41 Å². The van der Waals surface area contributed by atoms with Crippen molar-refractivity contribution in [1.82, 2.24) is 4.90 Å². The lowest BCUT2D eigenvalue weighted by Crippen LogP contribution is -2.42. The Balaban J connectivity index is 2.36. The van der Waals surface area contributed by atoms with Crippen LogP contribution in [0.25, 0.3) is 0 Å². The highest BCUT2D eigenvalue weighted by Crippen LogP contribution is 2.28. The fraction of sp³-hybridized carbons (Fsp3) is 0.364. The molecule has 3 nitrogen and oxygen atoms in total. The quantitative estimate of drug-likeness (QED) is 0.480. The predicted octanol–water partition coefficient (Wildman–Crippen LogP) is 1.50. The smallest absolute Gasteiger partial charge is 0.188 e. The second-order valence-electron chi connectivity index (χ2n) is 3.70. The third-order valence-corrected chi connectivity index (χ3v) is 2.90. The Morgan fingerprint density at radius 1 is 1.50 bits per heavy atom. The number of nitrogens with one attached hydrogen (secondary N) is 1. The summed E-state index contributed by atoms with van der Waals surface area (Å²) in [4.78, 5) is 1.93. The maximum absolute atomic E-state index is 7.46. The van der Waals surface area contributed by atoms with E-state index in [1.165, 1.54) is 11.1 Å². The minimum absolute atomic E-state index is 0.173. The highest BCUT2D eigenvalue weighted by Gasteiger charge is 2.23. The summed E-state index contributed by atoms with van der Waals surface area (Å²) in [5.74, 6) is 0.173. The van der Waals surface area contributed by atoms with Gasteiger partial charge in [0.25, 0.3) is 0 Å². The number of benzene rings is 1. The molecule has 0 saturated carbocycles. The molecule has 3 N–H and O–H groups in total. The van der Waals surface area contributed by atoms with E-state index in [0.29, 0.717) is 0 Å². The van der Waals surface area contributed by atoms with Crippen LogP contribution in [0.4, 0.5) is 0 Å². The molecule has 1 atom stereocenters. The Labute approximate surface area is 84.0 Å². The van der Waals surface area contributed by atoms with Crippen LogP contribution in [-0.2, 0) is 6.42 Å². The van der Waals surface area contributed by atoms with Crippen molar-refractivity contribution in [1.29, 1.82) is 5.41 Å². The van der Waals surface area contributed by atoms with Gasteiger partial charge in [0, 0.05) is 6.54 Å². The van der Waals surface area contributed by atoms with Crippen molar-refractivity contribution in [3.05, 3.63) is 35.4 Å². The molecule has 1 aliphatic rings. The Bertz CT molecular complexity index is 359. The Hall–Kier alpha value is -1.51. The second-order valence-corrected chi connectivity index (χ2v) is 3.70. The molecule has 0 amide bonds. The van der Waals surface area contributed by atoms with Gasteiger partial charge in [0.05, 0.1) is 6.04 Å². The van der Waals surface area contributed by atoms with Crippen LogP contribution in [0.5, 0.6) is 0 Å². The van der Waals surface area contributed by atoms with Crippen LogP contribution < -0.4 is 5.73 Å². The Morgan fingerprint density at radius 3 is 2.93 bits per heavy atom. The molecule has 74 valence electrons. The van der Waals surface area contributed by atoms with Crippen molar-refractivity contribution >= 4 is 5.96 Å². The lowest BCUT2D eigenvalue weighted by Gasteiger charge is -2.35. The topological polar surface area (TPSA) is 53.1 Å². The monoisotopic (exact) mass is 189 g/mol. The van der Waals surface area contributed by atoms with Crippen molar-refractivity contribution < 1.29 is 0 Å². The van der Waals surface area contributed by atoms with E-state index in [1.54, 1.807) is 0 Å². The summed E-state index contributed by atoms with van der Waals surface area (Å²) in [6, 6.07) is 8.62. The van der Waals surface area contributed by atoms with E-state index >= 15 is 0 Å². The summed E-state index contributed by atoms with van der Waals surface area (Å²) in [7, 11) is 0. The van der Waals surface area contributed by atoms with E-state index in [-0.39, 0.29) is 12.0 Å². The summed E-state index contributed by atoms with van der Waals surface area (Å²) < 4.78 is 0. The van der Waals surface area contributed by atoms with E-state index < -0.39 is 0 Å². The first-order valence-corrected chi connectivity index (χ1v) is 4.88. The highest BCUT2D eigenvalue weighted by atomic mass is 15.3. The molecule has 14 heavy (non-hydrogen) atoms. The molecule has 3 heteroatoms. The largest absolute Gasteiger partial charge is 0.370 e. The van der Waals surface area contributed by atoms with Gasteiger partial charge in [-0.1, -0.05) is 24.3 Å². The zero-order chi connectivity index (χ0) is 10.1. The van der Waals surface area contributed by atoms with Crippen molar-refractivity contribution in [2.45, 2.75) is 19.4 Å². The second kappa shape index (κ2) is 3.33. The average Bonchev–Trinajstić information content (AvgIpc) is 2.18. The molecule has 1 heterocycles. The van der Waals surface area contributed by atoms with Crippen molar-refractivity contribution in [2.75, 3.05) is 6.54 Å². The maximum Gasteiger partial charge on any atom is 0.188 e. The first-order valence-electron chi connectivity index (χ1n) is 4.88. The van der Waals surface area contributed by atoms with Gasteiger partial charge in [-0.25, -0.2) is 0 Å². The Kier molecular flexibility index (Phi) is 2.15. The first-order chi connectivity index (χ1) is 6.70. The molecule has 1 aromatic rings. The van der Waals surface area contributed by atoms with Gasteiger partial charge >= 0.3 is 0 Å². The minimum atomic E-state index is 0.173. The van der Waals surface area contributed by atoms with Gasteiger partial charge in [0.1, 0.15) is 0 Å². The zero-order valence-electron chi connectivity index (χ0n) is 8.33. The van der Waals surface area contributed by atoms with Crippen molar-refractivity contribution in [3.8, 4) is 0 Å². The molecular weight excluding hydrogens is 174 g/mol. The van der Waals surface area contributed by atoms with Gasteiger partial charge in [0.2, 0.25) is 0 Å². The van der Waals surface area contributed by atoms with E-state index in [0.717, 1.165) is 13.0 Å². The van der Waals surface area contributed by atoms with E-state index in [4.69, 9.17) is 11.1 Å². The normalized spacial score (nSPS) is 20.4. The molecule has 1 aliphatic heterocycles. The molecule has 0 fully saturated rings. The SMILES string of the molecule is CC1c2ccccc2CCN1C(=N)N. The third-order valence-electron chi connectivity index (χ3n) is 2.90. The molecule has 1 aromatic carbocycles. The minimum Gasteiger partial charge on any atom is -0.370 e. The fourth-order valence-electron chi connectivity index (χ4n) is 2.10. The highest BCUT2D eigenvalue weighted by molar-refractivity contribution is 5.75. The number of hydrogen-bond acceptors (Lipinski definition) is 1. The molecule has 0 spiro atoms. The van der Waals surface area contributed by atoms with Gasteiger partial charge in [-0.15, -0.1) is 0 Å². The van der Waals surface area contributed by atoms with Crippen LogP contribution in [0.3, 0.4) is 0 Å². The average molecular weight is 189 g/mol. The molecule has 0 radical (unpaired) electrons. The number of rotatable bonds is 0. The molecule has 0 aromatic heterocycles.